The maximum absolute atomic E-state index is 13.5. The third-order valence-electron chi connectivity index (χ3n) is 6.54. The van der Waals surface area contributed by atoms with Gasteiger partial charge in [0.15, 0.2) is 0 Å². The van der Waals surface area contributed by atoms with Crippen molar-refractivity contribution in [1.29, 1.82) is 0 Å². The lowest BCUT2D eigenvalue weighted by Crippen LogP contribution is -2.43. The number of fused-ring (bicyclic) bond motifs is 3. The van der Waals surface area contributed by atoms with Gasteiger partial charge in [-0.1, -0.05) is 29.8 Å². The van der Waals surface area contributed by atoms with Crippen molar-refractivity contribution in [1.82, 2.24) is 9.88 Å². The fraction of sp³-hybridized carbons (Fsp3) is 0.222. The van der Waals surface area contributed by atoms with Gasteiger partial charge in [-0.15, -0.1) is 0 Å². The van der Waals surface area contributed by atoms with E-state index in [0.717, 1.165) is 45.6 Å². The number of nitrogens with one attached hydrogen (secondary N) is 2. The van der Waals surface area contributed by atoms with Crippen molar-refractivity contribution < 1.29 is 9.53 Å². The van der Waals surface area contributed by atoms with Gasteiger partial charge in [0.2, 0.25) is 0 Å². The van der Waals surface area contributed by atoms with Gasteiger partial charge in [0, 0.05) is 33.9 Å². The molecule has 168 valence electrons. The van der Waals surface area contributed by atoms with Gasteiger partial charge in [-0.2, -0.15) is 0 Å². The van der Waals surface area contributed by atoms with Gasteiger partial charge >= 0.3 is 6.03 Å². The summed E-state index contributed by atoms with van der Waals surface area (Å²) in [6, 6.07) is 19.4. The summed E-state index contributed by atoms with van der Waals surface area (Å²) < 4.78 is 5.35. The Morgan fingerprint density at radius 1 is 1.06 bits per heavy atom. The van der Waals surface area contributed by atoms with E-state index in [9.17, 15) is 4.79 Å². The van der Waals surface area contributed by atoms with E-state index in [2.05, 4.69) is 17.2 Å². The van der Waals surface area contributed by atoms with Crippen molar-refractivity contribution in [3.05, 3.63) is 93.6 Å². The summed E-state index contributed by atoms with van der Waals surface area (Å²) in [6.45, 7) is 4.71. The van der Waals surface area contributed by atoms with E-state index < -0.39 is 0 Å². The number of rotatable bonds is 3. The molecule has 0 bridgehead atoms. The summed E-state index contributed by atoms with van der Waals surface area (Å²) >= 11 is 6.30. The Bertz CT molecular complexity index is 1340. The number of carbonyl (C=O) groups excluding carboxylic acids is 1. The van der Waals surface area contributed by atoms with Crippen molar-refractivity contribution in [2.24, 2.45) is 0 Å². The minimum absolute atomic E-state index is 0.124. The number of ether oxygens (including phenoxy) is 1. The molecule has 0 saturated heterocycles. The summed E-state index contributed by atoms with van der Waals surface area (Å²) in [5, 5.41) is 4.93. The molecule has 1 aromatic heterocycles. The number of amides is 2. The van der Waals surface area contributed by atoms with Crippen LogP contribution < -0.4 is 10.1 Å². The van der Waals surface area contributed by atoms with Gasteiger partial charge in [-0.05, 0) is 85.0 Å². The van der Waals surface area contributed by atoms with Crippen LogP contribution in [0.15, 0.2) is 60.7 Å². The number of carbonyl (C=O) groups is 1. The number of aromatic amines is 1. The molecular formula is C27H26ClN3O2. The Kier molecular flexibility index (Phi) is 5.51. The Morgan fingerprint density at radius 3 is 2.58 bits per heavy atom. The predicted octanol–water partition coefficient (Wildman–Crippen LogP) is 6.63. The largest absolute Gasteiger partial charge is 0.497 e. The van der Waals surface area contributed by atoms with Gasteiger partial charge in [0.05, 0.1) is 13.2 Å². The van der Waals surface area contributed by atoms with Crippen LogP contribution in [0, 0.1) is 13.8 Å². The minimum Gasteiger partial charge on any atom is -0.497 e. The second-order valence-corrected chi connectivity index (χ2v) is 8.99. The van der Waals surface area contributed by atoms with Crippen LogP contribution >= 0.6 is 11.6 Å². The highest BCUT2D eigenvalue weighted by molar-refractivity contribution is 6.31. The van der Waals surface area contributed by atoms with Crippen LogP contribution in [0.2, 0.25) is 5.02 Å². The fourth-order valence-electron chi connectivity index (χ4n) is 4.63. The van der Waals surface area contributed by atoms with Crippen LogP contribution in [0.1, 0.15) is 34.0 Å². The Balaban J connectivity index is 1.57. The fourth-order valence-corrected chi connectivity index (χ4v) is 4.80. The molecule has 0 aliphatic carbocycles. The lowest BCUT2D eigenvalue weighted by atomic mass is 9.92. The number of benzene rings is 3. The number of nitrogens with zero attached hydrogens (tertiary/aromatic N) is 1. The first kappa shape index (κ1) is 21.4. The van der Waals surface area contributed by atoms with Gasteiger partial charge in [-0.3, -0.25) is 0 Å². The van der Waals surface area contributed by atoms with Gasteiger partial charge in [0.25, 0.3) is 0 Å². The summed E-state index contributed by atoms with van der Waals surface area (Å²) in [6.07, 6.45) is 0.753. The topological polar surface area (TPSA) is 57.4 Å². The molecule has 33 heavy (non-hydrogen) atoms. The minimum atomic E-state index is -0.252. The molecule has 2 amide bonds. The van der Waals surface area contributed by atoms with Crippen molar-refractivity contribution in [2.45, 2.75) is 26.3 Å². The molecule has 1 atom stereocenters. The molecule has 2 N–H and O–H groups in total. The second kappa shape index (κ2) is 8.49. The zero-order chi connectivity index (χ0) is 23.1. The first-order chi connectivity index (χ1) is 15.9. The summed E-state index contributed by atoms with van der Waals surface area (Å²) in [5.74, 6) is 0.782. The number of methoxy groups -OCH3 is 1. The number of urea groups is 1. The summed E-state index contributed by atoms with van der Waals surface area (Å²) in [7, 11) is 1.65. The van der Waals surface area contributed by atoms with Crippen LogP contribution in [0.5, 0.6) is 5.75 Å². The molecule has 1 aliphatic rings. The maximum atomic E-state index is 13.5. The number of aromatic nitrogens is 1. The zero-order valence-electron chi connectivity index (χ0n) is 18.9. The number of anilines is 1. The smallest absolute Gasteiger partial charge is 0.322 e. The van der Waals surface area contributed by atoms with E-state index in [4.69, 9.17) is 16.3 Å². The number of hydrogen-bond donors (Lipinski definition) is 2. The van der Waals surface area contributed by atoms with Crippen LogP contribution in [0.3, 0.4) is 0 Å². The van der Waals surface area contributed by atoms with E-state index in [0.29, 0.717) is 11.6 Å². The molecule has 0 spiro atoms. The molecule has 6 heteroatoms. The van der Waals surface area contributed by atoms with Crippen molar-refractivity contribution in [3.8, 4) is 5.75 Å². The highest BCUT2D eigenvalue weighted by atomic mass is 35.5. The maximum Gasteiger partial charge on any atom is 0.322 e. The molecule has 0 saturated carbocycles. The lowest BCUT2D eigenvalue weighted by Gasteiger charge is -2.36. The van der Waals surface area contributed by atoms with Crippen LogP contribution in [-0.4, -0.2) is 29.6 Å². The summed E-state index contributed by atoms with van der Waals surface area (Å²) in [4.78, 5) is 19.0. The van der Waals surface area contributed by atoms with E-state index in [1.54, 1.807) is 7.11 Å². The standard InChI is InChI=1S/C27H26ClN3O2/c1-16-4-8-20(14-17(16)2)29-27(32)31-13-12-22-23-15-19(28)7-11-24(23)30-25(22)26(31)18-5-9-21(33-3)10-6-18/h4-11,14-15,26,30H,12-13H2,1-3H3,(H,29,32)/t26-/m1/s1. The molecular weight excluding hydrogens is 434 g/mol. The molecule has 5 rings (SSSR count). The SMILES string of the molecule is COc1ccc([C@@H]2c3[nH]c4ccc(Cl)cc4c3CCN2C(=O)Nc2ccc(C)c(C)c2)cc1. The molecule has 2 heterocycles. The molecule has 1 aliphatic heterocycles. The van der Waals surface area contributed by atoms with E-state index in [-0.39, 0.29) is 12.1 Å². The monoisotopic (exact) mass is 459 g/mol. The quantitative estimate of drug-likeness (QED) is 0.361. The molecule has 0 radical (unpaired) electrons. The summed E-state index contributed by atoms with van der Waals surface area (Å²) in [5.41, 5.74) is 7.42. The second-order valence-electron chi connectivity index (χ2n) is 8.56. The van der Waals surface area contributed by atoms with Crippen LogP contribution in [0.4, 0.5) is 10.5 Å². The van der Waals surface area contributed by atoms with Crippen molar-refractivity contribution >= 4 is 34.2 Å². The molecule has 5 nitrogen and oxygen atoms in total. The lowest BCUT2D eigenvalue weighted by molar-refractivity contribution is 0.193. The van der Waals surface area contributed by atoms with E-state index >= 15 is 0 Å². The number of hydrogen-bond acceptors (Lipinski definition) is 2. The first-order valence-corrected chi connectivity index (χ1v) is 11.4. The number of H-pyrrole nitrogens is 1. The van der Waals surface area contributed by atoms with Crippen molar-refractivity contribution in [2.75, 3.05) is 19.0 Å². The highest BCUT2D eigenvalue weighted by Gasteiger charge is 2.34. The van der Waals surface area contributed by atoms with Crippen LogP contribution in [-0.2, 0) is 6.42 Å². The van der Waals surface area contributed by atoms with E-state index in [1.807, 2.05) is 72.5 Å². The molecule has 3 aromatic carbocycles. The third-order valence-corrected chi connectivity index (χ3v) is 6.77. The van der Waals surface area contributed by atoms with Gasteiger partial charge < -0.3 is 19.9 Å². The van der Waals surface area contributed by atoms with Crippen LogP contribution in [0.25, 0.3) is 10.9 Å². The predicted molar refractivity (Wildman–Crippen MR) is 133 cm³/mol. The number of halogens is 1. The third kappa shape index (κ3) is 3.93. The first-order valence-electron chi connectivity index (χ1n) is 11.0. The van der Waals surface area contributed by atoms with Crippen molar-refractivity contribution in [3.63, 3.8) is 0 Å². The Hall–Kier alpha value is -3.44. The Labute approximate surface area is 198 Å². The van der Waals surface area contributed by atoms with Gasteiger partial charge in [0.1, 0.15) is 5.75 Å². The highest BCUT2D eigenvalue weighted by Crippen LogP contribution is 2.39. The average molecular weight is 460 g/mol. The van der Waals surface area contributed by atoms with Gasteiger partial charge in [-0.25, -0.2) is 4.79 Å². The molecule has 0 fully saturated rings. The number of aryl methyl sites for hydroxylation is 2. The zero-order valence-corrected chi connectivity index (χ0v) is 19.7. The average Bonchev–Trinajstić information content (AvgIpc) is 3.18. The van der Waals surface area contributed by atoms with E-state index in [1.165, 1.54) is 11.1 Å². The Morgan fingerprint density at radius 2 is 1.85 bits per heavy atom. The molecule has 4 aromatic rings. The molecule has 0 unspecified atom stereocenters. The normalized spacial score (nSPS) is 15.4.